The van der Waals surface area contributed by atoms with Gasteiger partial charge in [0.2, 0.25) is 10.0 Å². The van der Waals surface area contributed by atoms with E-state index in [2.05, 4.69) is 20.3 Å². The normalized spacial score (nSPS) is 12.6. The Morgan fingerprint density at radius 1 is 0.931 bits per heavy atom. The Balaban J connectivity index is 1.75. The molecule has 6 nitrogen and oxygen atoms in total. The summed E-state index contributed by atoms with van der Waals surface area (Å²) in [6.07, 6.45) is -4.37. The van der Waals surface area contributed by atoms with Crippen LogP contribution in [0.2, 0.25) is 0 Å². The molecule has 0 radical (unpaired) electrons. The van der Waals surface area contributed by atoms with E-state index >= 15 is 0 Å². The van der Waals surface area contributed by atoms with Crippen LogP contribution in [0.4, 0.5) is 13.2 Å². The first-order chi connectivity index (χ1) is 13.7. The van der Waals surface area contributed by atoms with Crippen molar-refractivity contribution in [2.75, 3.05) is 19.3 Å². The van der Waals surface area contributed by atoms with Gasteiger partial charge >= 0.3 is 6.18 Å². The van der Waals surface area contributed by atoms with E-state index in [0.29, 0.717) is 11.5 Å². The second kappa shape index (κ2) is 10.3. The van der Waals surface area contributed by atoms with Gasteiger partial charge in [0.25, 0.3) is 0 Å². The fraction of sp³-hybridized carbons (Fsp3) is 0.316. The first-order valence-electron chi connectivity index (χ1n) is 8.81. The molecule has 2 aromatic carbocycles. The molecule has 0 bridgehead atoms. The van der Waals surface area contributed by atoms with Crippen molar-refractivity contribution in [3.8, 4) is 0 Å². The molecular weight excluding hydrogens is 405 g/mol. The Labute approximate surface area is 168 Å². The minimum Gasteiger partial charge on any atom is -0.355 e. The van der Waals surface area contributed by atoms with E-state index in [1.165, 1.54) is 19.2 Å². The zero-order chi connectivity index (χ0) is 21.3. The van der Waals surface area contributed by atoms with Crippen LogP contribution in [-0.2, 0) is 29.3 Å². The standard InChI is InChI=1S/C19H23F3N4O2S/c1-23-18(25-13-16-7-9-17(10-8-16)19(20,21)22)24-11-12-29(27,28)26-14-15-5-3-2-4-6-15/h2-10,26H,11-14H2,1H3,(H2,23,24,25). The summed E-state index contributed by atoms with van der Waals surface area (Å²) in [6.45, 7) is 0.581. The Hall–Kier alpha value is -2.59. The second-order valence-corrected chi connectivity index (χ2v) is 8.10. The van der Waals surface area contributed by atoms with Gasteiger partial charge in [-0.2, -0.15) is 13.2 Å². The molecule has 0 aromatic heterocycles. The Bertz CT molecular complexity index is 899. The van der Waals surface area contributed by atoms with Crippen LogP contribution < -0.4 is 15.4 Å². The zero-order valence-electron chi connectivity index (χ0n) is 15.8. The largest absolute Gasteiger partial charge is 0.416 e. The van der Waals surface area contributed by atoms with Gasteiger partial charge in [-0.3, -0.25) is 4.99 Å². The lowest BCUT2D eigenvalue weighted by Gasteiger charge is -2.13. The van der Waals surface area contributed by atoms with Gasteiger partial charge in [-0.05, 0) is 23.3 Å². The molecule has 0 amide bonds. The van der Waals surface area contributed by atoms with Crippen molar-refractivity contribution in [2.45, 2.75) is 19.3 Å². The number of benzene rings is 2. The number of nitrogens with one attached hydrogen (secondary N) is 3. The van der Waals surface area contributed by atoms with E-state index in [1.54, 1.807) is 0 Å². The number of hydrogen-bond donors (Lipinski definition) is 3. The average Bonchev–Trinajstić information content (AvgIpc) is 2.69. The fourth-order valence-corrected chi connectivity index (χ4v) is 3.28. The van der Waals surface area contributed by atoms with Crippen molar-refractivity contribution in [3.63, 3.8) is 0 Å². The number of sulfonamides is 1. The quantitative estimate of drug-likeness (QED) is 0.446. The molecule has 29 heavy (non-hydrogen) atoms. The number of aliphatic imine (C=N–C) groups is 1. The molecule has 0 aliphatic carbocycles. The first kappa shape index (κ1) is 22.7. The van der Waals surface area contributed by atoms with Crippen molar-refractivity contribution in [1.82, 2.24) is 15.4 Å². The Morgan fingerprint density at radius 3 is 2.14 bits per heavy atom. The number of rotatable bonds is 8. The summed E-state index contributed by atoms with van der Waals surface area (Å²) in [4.78, 5) is 3.97. The molecule has 0 atom stereocenters. The Kier molecular flexibility index (Phi) is 8.03. The molecule has 0 fully saturated rings. The summed E-state index contributed by atoms with van der Waals surface area (Å²) in [7, 11) is -1.95. The highest BCUT2D eigenvalue weighted by molar-refractivity contribution is 7.89. The molecule has 0 saturated heterocycles. The highest BCUT2D eigenvalue weighted by Gasteiger charge is 2.29. The fourth-order valence-electron chi connectivity index (χ4n) is 2.38. The molecule has 0 aliphatic heterocycles. The van der Waals surface area contributed by atoms with E-state index in [0.717, 1.165) is 17.7 Å². The summed E-state index contributed by atoms with van der Waals surface area (Å²) in [5.74, 6) is 0.198. The summed E-state index contributed by atoms with van der Waals surface area (Å²) in [5, 5.41) is 5.80. The third-order valence-electron chi connectivity index (χ3n) is 3.97. The molecule has 158 valence electrons. The van der Waals surface area contributed by atoms with Crippen LogP contribution in [-0.4, -0.2) is 33.7 Å². The molecule has 0 spiro atoms. The van der Waals surface area contributed by atoms with Gasteiger partial charge < -0.3 is 10.6 Å². The van der Waals surface area contributed by atoms with Crippen molar-refractivity contribution < 1.29 is 21.6 Å². The first-order valence-corrected chi connectivity index (χ1v) is 10.5. The van der Waals surface area contributed by atoms with Gasteiger partial charge in [0.05, 0.1) is 11.3 Å². The number of guanidine groups is 1. The van der Waals surface area contributed by atoms with Crippen LogP contribution in [0, 0.1) is 0 Å². The van der Waals surface area contributed by atoms with Gasteiger partial charge in [0, 0.05) is 26.7 Å². The van der Waals surface area contributed by atoms with Gasteiger partial charge in [0.15, 0.2) is 5.96 Å². The lowest BCUT2D eigenvalue weighted by Crippen LogP contribution is -2.40. The minimum absolute atomic E-state index is 0.122. The van der Waals surface area contributed by atoms with Crippen LogP contribution in [0.3, 0.4) is 0 Å². The number of halogens is 3. The molecule has 0 unspecified atom stereocenters. The van der Waals surface area contributed by atoms with E-state index in [1.807, 2.05) is 30.3 Å². The summed E-state index contributed by atoms with van der Waals surface area (Å²) in [5.41, 5.74) is 0.785. The molecule has 2 rings (SSSR count). The van der Waals surface area contributed by atoms with Crippen molar-refractivity contribution >= 4 is 16.0 Å². The van der Waals surface area contributed by atoms with Crippen molar-refractivity contribution in [2.24, 2.45) is 4.99 Å². The van der Waals surface area contributed by atoms with Crippen molar-refractivity contribution in [3.05, 3.63) is 71.3 Å². The maximum Gasteiger partial charge on any atom is 0.416 e. The predicted octanol–water partition coefficient (Wildman–Crippen LogP) is 2.49. The maximum absolute atomic E-state index is 12.6. The minimum atomic E-state index is -4.37. The highest BCUT2D eigenvalue weighted by atomic mass is 32.2. The third kappa shape index (κ3) is 8.12. The van der Waals surface area contributed by atoms with Gasteiger partial charge in [-0.15, -0.1) is 0 Å². The molecule has 2 aromatic rings. The summed E-state index contributed by atoms with van der Waals surface area (Å²) >= 11 is 0. The number of nitrogens with zero attached hydrogens (tertiary/aromatic N) is 1. The molecule has 0 heterocycles. The molecule has 10 heteroatoms. The molecule has 0 saturated carbocycles. The number of hydrogen-bond acceptors (Lipinski definition) is 3. The van der Waals surface area contributed by atoms with Gasteiger partial charge in [-0.25, -0.2) is 13.1 Å². The van der Waals surface area contributed by atoms with E-state index in [-0.39, 0.29) is 25.4 Å². The summed E-state index contributed by atoms with van der Waals surface area (Å²) in [6, 6.07) is 13.9. The zero-order valence-corrected chi connectivity index (χ0v) is 16.6. The maximum atomic E-state index is 12.6. The van der Waals surface area contributed by atoms with Crippen LogP contribution in [0.25, 0.3) is 0 Å². The second-order valence-electron chi connectivity index (χ2n) is 6.17. The number of alkyl halides is 3. The SMILES string of the molecule is CN=C(NCCS(=O)(=O)NCc1ccccc1)NCc1ccc(C(F)(F)F)cc1. The monoisotopic (exact) mass is 428 g/mol. The average molecular weight is 428 g/mol. The summed E-state index contributed by atoms with van der Waals surface area (Å²) < 4.78 is 64.4. The smallest absolute Gasteiger partial charge is 0.355 e. The topological polar surface area (TPSA) is 82.6 Å². The van der Waals surface area contributed by atoms with E-state index in [9.17, 15) is 21.6 Å². The highest BCUT2D eigenvalue weighted by Crippen LogP contribution is 2.28. The molecular formula is C19H23F3N4O2S. The predicted molar refractivity (Wildman–Crippen MR) is 107 cm³/mol. The van der Waals surface area contributed by atoms with Crippen LogP contribution in [0.1, 0.15) is 16.7 Å². The van der Waals surface area contributed by atoms with Crippen LogP contribution in [0.5, 0.6) is 0 Å². The third-order valence-corrected chi connectivity index (χ3v) is 5.29. The van der Waals surface area contributed by atoms with Crippen LogP contribution in [0.15, 0.2) is 59.6 Å². The lowest BCUT2D eigenvalue weighted by atomic mass is 10.1. The molecule has 0 aliphatic rings. The van der Waals surface area contributed by atoms with Crippen LogP contribution >= 0.6 is 0 Å². The van der Waals surface area contributed by atoms with E-state index in [4.69, 9.17) is 0 Å². The van der Waals surface area contributed by atoms with E-state index < -0.39 is 21.8 Å². The Morgan fingerprint density at radius 2 is 1.55 bits per heavy atom. The van der Waals surface area contributed by atoms with Gasteiger partial charge in [-0.1, -0.05) is 42.5 Å². The van der Waals surface area contributed by atoms with Crippen molar-refractivity contribution in [1.29, 1.82) is 0 Å². The molecule has 3 N–H and O–H groups in total. The van der Waals surface area contributed by atoms with Gasteiger partial charge in [0.1, 0.15) is 0 Å². The lowest BCUT2D eigenvalue weighted by molar-refractivity contribution is -0.137.